The molecule has 0 aliphatic heterocycles. The lowest BCUT2D eigenvalue weighted by Gasteiger charge is -2.09. The van der Waals surface area contributed by atoms with E-state index in [9.17, 15) is 18.5 Å². The first-order valence-electron chi connectivity index (χ1n) is 9.53. The number of aryl methyl sites for hydroxylation is 1. The van der Waals surface area contributed by atoms with Crippen LogP contribution in [0.5, 0.6) is 5.75 Å². The van der Waals surface area contributed by atoms with Gasteiger partial charge < -0.3 is 9.50 Å². The summed E-state index contributed by atoms with van der Waals surface area (Å²) in [5.41, 5.74) is 2.15. The van der Waals surface area contributed by atoms with Crippen molar-refractivity contribution < 1.29 is 17.4 Å². The number of nitrogens with zero attached hydrogens (tertiary/aromatic N) is 1. The van der Waals surface area contributed by atoms with E-state index in [2.05, 4.69) is 5.32 Å². The zero-order valence-electron chi connectivity index (χ0n) is 17.1. The standard InChI is InChI=1S/C24H19ClN2O4S/c1-17-7-10-21(11-8-17)32(29,30)31-23-12-9-19(14-22(23)25)13-20(15-26)24(28)27-16-18-5-3-2-4-6-18/h2-14H,16H2,1H3,(H,27,28)/b20-13+. The molecule has 0 saturated carbocycles. The molecule has 0 radical (unpaired) electrons. The molecule has 0 heterocycles. The average molecular weight is 467 g/mol. The van der Waals surface area contributed by atoms with Crippen LogP contribution in [0, 0.1) is 18.3 Å². The predicted molar refractivity (Wildman–Crippen MR) is 122 cm³/mol. The normalized spacial score (nSPS) is 11.5. The van der Waals surface area contributed by atoms with Crippen LogP contribution in [0.4, 0.5) is 0 Å². The molecule has 0 aliphatic carbocycles. The van der Waals surface area contributed by atoms with Crippen molar-refractivity contribution in [2.24, 2.45) is 0 Å². The van der Waals surface area contributed by atoms with Gasteiger partial charge in [0.05, 0.1) is 5.02 Å². The van der Waals surface area contributed by atoms with E-state index >= 15 is 0 Å². The second-order valence-electron chi connectivity index (χ2n) is 6.88. The summed E-state index contributed by atoms with van der Waals surface area (Å²) in [6.45, 7) is 2.13. The first-order chi connectivity index (χ1) is 15.3. The first-order valence-corrected chi connectivity index (χ1v) is 11.3. The van der Waals surface area contributed by atoms with E-state index in [1.165, 1.54) is 36.4 Å². The molecule has 3 aromatic carbocycles. The number of benzene rings is 3. The molecule has 0 atom stereocenters. The summed E-state index contributed by atoms with van der Waals surface area (Å²) in [7, 11) is -4.06. The van der Waals surface area contributed by atoms with Crippen LogP contribution in [0.2, 0.25) is 5.02 Å². The number of rotatable bonds is 7. The van der Waals surface area contributed by atoms with Gasteiger partial charge in [0.25, 0.3) is 5.91 Å². The monoisotopic (exact) mass is 466 g/mol. The van der Waals surface area contributed by atoms with Crippen LogP contribution in [-0.2, 0) is 21.5 Å². The van der Waals surface area contributed by atoms with Crippen molar-refractivity contribution in [3.8, 4) is 11.8 Å². The van der Waals surface area contributed by atoms with Crippen molar-refractivity contribution in [1.82, 2.24) is 5.32 Å². The smallest absolute Gasteiger partial charge is 0.339 e. The van der Waals surface area contributed by atoms with Crippen molar-refractivity contribution in [2.45, 2.75) is 18.4 Å². The molecule has 0 saturated heterocycles. The Morgan fingerprint density at radius 3 is 2.41 bits per heavy atom. The molecule has 6 nitrogen and oxygen atoms in total. The predicted octanol–water partition coefficient (Wildman–Crippen LogP) is 4.64. The number of hydrogen-bond acceptors (Lipinski definition) is 5. The molecule has 0 bridgehead atoms. The van der Waals surface area contributed by atoms with Crippen LogP contribution in [0.3, 0.4) is 0 Å². The largest absolute Gasteiger partial charge is 0.377 e. The van der Waals surface area contributed by atoms with Crippen LogP contribution >= 0.6 is 11.6 Å². The Morgan fingerprint density at radius 1 is 1.09 bits per heavy atom. The third-order valence-electron chi connectivity index (χ3n) is 4.44. The van der Waals surface area contributed by atoms with Gasteiger partial charge in [-0.1, -0.05) is 65.7 Å². The molecule has 0 aromatic heterocycles. The van der Waals surface area contributed by atoms with Gasteiger partial charge in [0.2, 0.25) is 0 Å². The fourth-order valence-electron chi connectivity index (χ4n) is 2.73. The van der Waals surface area contributed by atoms with Gasteiger partial charge in [0.1, 0.15) is 16.5 Å². The fourth-order valence-corrected chi connectivity index (χ4v) is 3.96. The highest BCUT2D eigenvalue weighted by molar-refractivity contribution is 7.87. The molecule has 8 heteroatoms. The van der Waals surface area contributed by atoms with Gasteiger partial charge in [-0.15, -0.1) is 0 Å². The third kappa shape index (κ3) is 5.97. The Morgan fingerprint density at radius 2 is 1.78 bits per heavy atom. The number of nitriles is 1. The molecule has 162 valence electrons. The maximum absolute atomic E-state index is 12.5. The highest BCUT2D eigenvalue weighted by Crippen LogP contribution is 2.29. The molecule has 0 spiro atoms. The Hall–Kier alpha value is -3.60. The summed E-state index contributed by atoms with van der Waals surface area (Å²) >= 11 is 6.19. The summed E-state index contributed by atoms with van der Waals surface area (Å²) in [6, 6.07) is 21.7. The van der Waals surface area contributed by atoms with Gasteiger partial charge in [-0.05, 0) is 48.4 Å². The number of halogens is 1. The third-order valence-corrected chi connectivity index (χ3v) is 5.98. The van der Waals surface area contributed by atoms with E-state index in [-0.39, 0.29) is 27.8 Å². The first kappa shape index (κ1) is 23.1. The topological polar surface area (TPSA) is 96.3 Å². The maximum atomic E-state index is 12.5. The van der Waals surface area contributed by atoms with Crippen LogP contribution in [0.15, 0.2) is 83.3 Å². The summed E-state index contributed by atoms with van der Waals surface area (Å²) in [4.78, 5) is 12.3. The minimum Gasteiger partial charge on any atom is -0.377 e. The minimum atomic E-state index is -4.06. The molecule has 1 amide bonds. The quantitative estimate of drug-likeness (QED) is 0.311. The molecule has 0 unspecified atom stereocenters. The molecule has 1 N–H and O–H groups in total. The number of hydrogen-bond donors (Lipinski definition) is 1. The van der Waals surface area contributed by atoms with E-state index in [0.717, 1.165) is 11.1 Å². The summed E-state index contributed by atoms with van der Waals surface area (Å²) in [6.07, 6.45) is 1.37. The fraction of sp³-hybridized carbons (Fsp3) is 0.0833. The Bertz CT molecular complexity index is 1300. The van der Waals surface area contributed by atoms with Crippen LogP contribution in [-0.4, -0.2) is 14.3 Å². The molecule has 0 fully saturated rings. The zero-order chi connectivity index (χ0) is 23.1. The Labute approximate surface area is 191 Å². The van der Waals surface area contributed by atoms with Crippen molar-refractivity contribution in [1.29, 1.82) is 5.26 Å². The molecule has 3 aromatic rings. The molecular weight excluding hydrogens is 448 g/mol. The average Bonchev–Trinajstić information content (AvgIpc) is 2.78. The van der Waals surface area contributed by atoms with Gasteiger partial charge in [-0.25, -0.2) is 0 Å². The Balaban J connectivity index is 1.74. The van der Waals surface area contributed by atoms with E-state index in [1.54, 1.807) is 12.1 Å². The minimum absolute atomic E-state index is 0.00462. The highest BCUT2D eigenvalue weighted by Gasteiger charge is 2.18. The lowest BCUT2D eigenvalue weighted by atomic mass is 10.1. The van der Waals surface area contributed by atoms with Crippen LogP contribution in [0.1, 0.15) is 16.7 Å². The number of carbonyl (C=O) groups excluding carboxylic acids is 1. The lowest BCUT2D eigenvalue weighted by molar-refractivity contribution is -0.117. The second kappa shape index (κ2) is 10.1. The molecular formula is C24H19ClN2O4S. The molecule has 3 rings (SSSR count). The summed E-state index contributed by atoms with van der Waals surface area (Å²) in [5.74, 6) is -0.592. The second-order valence-corrected chi connectivity index (χ2v) is 8.83. The number of nitrogens with one attached hydrogen (secondary N) is 1. The zero-order valence-corrected chi connectivity index (χ0v) is 18.7. The van der Waals surface area contributed by atoms with E-state index in [1.807, 2.05) is 43.3 Å². The Kier molecular flexibility index (Phi) is 7.31. The van der Waals surface area contributed by atoms with E-state index in [0.29, 0.717) is 5.56 Å². The maximum Gasteiger partial charge on any atom is 0.339 e. The van der Waals surface area contributed by atoms with Crippen molar-refractivity contribution in [3.63, 3.8) is 0 Å². The van der Waals surface area contributed by atoms with Crippen molar-refractivity contribution >= 4 is 33.7 Å². The van der Waals surface area contributed by atoms with E-state index < -0.39 is 16.0 Å². The van der Waals surface area contributed by atoms with Gasteiger partial charge in [-0.2, -0.15) is 13.7 Å². The SMILES string of the molecule is Cc1ccc(S(=O)(=O)Oc2ccc(/C=C(\C#N)C(=O)NCc3ccccc3)cc2Cl)cc1. The van der Waals surface area contributed by atoms with Crippen LogP contribution < -0.4 is 9.50 Å². The van der Waals surface area contributed by atoms with Crippen molar-refractivity contribution in [3.05, 3.63) is 100 Å². The van der Waals surface area contributed by atoms with Gasteiger partial charge >= 0.3 is 10.1 Å². The highest BCUT2D eigenvalue weighted by atomic mass is 35.5. The van der Waals surface area contributed by atoms with Crippen molar-refractivity contribution in [2.75, 3.05) is 0 Å². The van der Waals surface area contributed by atoms with Crippen LogP contribution in [0.25, 0.3) is 6.08 Å². The van der Waals surface area contributed by atoms with Gasteiger partial charge in [0, 0.05) is 6.54 Å². The number of carbonyl (C=O) groups is 1. The van der Waals surface area contributed by atoms with Gasteiger partial charge in [0.15, 0.2) is 5.75 Å². The molecule has 32 heavy (non-hydrogen) atoms. The molecule has 0 aliphatic rings. The van der Waals surface area contributed by atoms with E-state index in [4.69, 9.17) is 15.8 Å². The van der Waals surface area contributed by atoms with Gasteiger partial charge in [-0.3, -0.25) is 4.79 Å². The lowest BCUT2D eigenvalue weighted by Crippen LogP contribution is -2.23. The summed E-state index contributed by atoms with van der Waals surface area (Å²) < 4.78 is 30.1. The number of amides is 1. The summed E-state index contributed by atoms with van der Waals surface area (Å²) in [5, 5.41) is 12.1.